The standard InChI is InChI=1S/C13H10N2O3S/c16-15(17)12-8-4-5-10-9-14(19(18)13(10)12)11-6-2-1-3-7-11/h1-8H,9H2. The molecule has 0 spiro atoms. The van der Waals surface area contributed by atoms with Gasteiger partial charge in [-0.3, -0.25) is 10.1 Å². The van der Waals surface area contributed by atoms with Crippen LogP contribution in [0.4, 0.5) is 11.4 Å². The summed E-state index contributed by atoms with van der Waals surface area (Å²) >= 11 is -1.53. The number of nitrogens with zero attached hydrogens (tertiary/aromatic N) is 2. The molecular weight excluding hydrogens is 264 g/mol. The molecular formula is C13H10N2O3S. The van der Waals surface area contributed by atoms with Crippen molar-refractivity contribution in [3.8, 4) is 0 Å². The largest absolute Gasteiger partial charge is 0.588 e. The molecule has 1 aliphatic rings. The zero-order valence-electron chi connectivity index (χ0n) is 9.85. The van der Waals surface area contributed by atoms with Crippen LogP contribution < -0.4 is 4.31 Å². The molecule has 1 atom stereocenters. The van der Waals surface area contributed by atoms with Crippen LogP contribution in [0, 0.1) is 10.1 Å². The number of benzene rings is 2. The van der Waals surface area contributed by atoms with Crippen molar-refractivity contribution in [3.63, 3.8) is 0 Å². The first kappa shape index (κ1) is 12.0. The molecule has 0 radical (unpaired) electrons. The summed E-state index contributed by atoms with van der Waals surface area (Å²) in [6.07, 6.45) is 0. The van der Waals surface area contributed by atoms with Crippen LogP contribution >= 0.6 is 0 Å². The Balaban J connectivity index is 2.05. The molecule has 2 aromatic rings. The highest BCUT2D eigenvalue weighted by atomic mass is 32.2. The number of para-hydroxylation sites is 1. The molecule has 0 bridgehead atoms. The van der Waals surface area contributed by atoms with Gasteiger partial charge in [0.25, 0.3) is 4.90 Å². The van der Waals surface area contributed by atoms with Crippen LogP contribution in [0.1, 0.15) is 5.56 Å². The molecule has 6 heteroatoms. The van der Waals surface area contributed by atoms with E-state index in [1.807, 2.05) is 30.3 Å². The molecule has 0 fully saturated rings. The SMILES string of the molecule is O=[N+]([O-])c1cccc2c1[S+]([O-])N(c1ccccc1)C2. The number of nitro benzene ring substituents is 1. The van der Waals surface area contributed by atoms with Crippen LogP contribution in [0.2, 0.25) is 0 Å². The fraction of sp³-hybridized carbons (Fsp3) is 0.0769. The Morgan fingerprint density at radius 3 is 2.53 bits per heavy atom. The Bertz CT molecular complexity index is 633. The normalized spacial score (nSPS) is 17.3. The Hall–Kier alpha value is -2.05. The van der Waals surface area contributed by atoms with Crippen molar-refractivity contribution in [2.24, 2.45) is 0 Å². The molecule has 19 heavy (non-hydrogen) atoms. The van der Waals surface area contributed by atoms with E-state index < -0.39 is 16.3 Å². The van der Waals surface area contributed by atoms with Crippen molar-refractivity contribution in [3.05, 3.63) is 64.2 Å². The minimum atomic E-state index is -1.53. The van der Waals surface area contributed by atoms with E-state index in [1.165, 1.54) is 6.07 Å². The predicted molar refractivity (Wildman–Crippen MR) is 72.1 cm³/mol. The Labute approximate surface area is 112 Å². The number of fused-ring (bicyclic) bond motifs is 1. The van der Waals surface area contributed by atoms with E-state index in [4.69, 9.17) is 0 Å². The summed E-state index contributed by atoms with van der Waals surface area (Å²) in [6, 6.07) is 14.1. The lowest BCUT2D eigenvalue weighted by atomic mass is 10.2. The van der Waals surface area contributed by atoms with Crippen LogP contribution in [0.5, 0.6) is 0 Å². The molecule has 0 aliphatic carbocycles. The average molecular weight is 274 g/mol. The minimum absolute atomic E-state index is 0.0748. The van der Waals surface area contributed by atoms with E-state index in [0.29, 0.717) is 11.4 Å². The van der Waals surface area contributed by atoms with Crippen LogP contribution in [0.15, 0.2) is 53.4 Å². The van der Waals surface area contributed by atoms with Gasteiger partial charge in [-0.2, -0.15) is 4.31 Å². The molecule has 1 unspecified atom stereocenters. The zero-order chi connectivity index (χ0) is 13.4. The van der Waals surface area contributed by atoms with Crippen LogP contribution in [0.25, 0.3) is 0 Å². The summed E-state index contributed by atoms with van der Waals surface area (Å²) in [5, 5.41) is 11.0. The lowest BCUT2D eigenvalue weighted by molar-refractivity contribution is -0.387. The van der Waals surface area contributed by atoms with Crippen LogP contribution in [-0.4, -0.2) is 9.48 Å². The molecule has 0 saturated heterocycles. The highest BCUT2D eigenvalue weighted by Crippen LogP contribution is 2.39. The summed E-state index contributed by atoms with van der Waals surface area (Å²) in [5.41, 5.74) is 1.47. The second kappa shape index (κ2) is 4.56. The van der Waals surface area contributed by atoms with Crippen molar-refractivity contribution in [1.29, 1.82) is 0 Å². The van der Waals surface area contributed by atoms with Gasteiger partial charge in [-0.1, -0.05) is 30.3 Å². The van der Waals surface area contributed by atoms with Gasteiger partial charge in [-0.25, -0.2) is 0 Å². The summed E-state index contributed by atoms with van der Waals surface area (Å²) in [6.45, 7) is 0.424. The van der Waals surface area contributed by atoms with Crippen molar-refractivity contribution < 1.29 is 9.48 Å². The Morgan fingerprint density at radius 2 is 1.84 bits per heavy atom. The van der Waals surface area contributed by atoms with Gasteiger partial charge < -0.3 is 4.55 Å². The first-order valence-electron chi connectivity index (χ1n) is 5.69. The van der Waals surface area contributed by atoms with Gasteiger partial charge in [0.2, 0.25) is 0 Å². The quantitative estimate of drug-likeness (QED) is 0.479. The van der Waals surface area contributed by atoms with Crippen molar-refractivity contribution in [2.45, 2.75) is 11.4 Å². The Morgan fingerprint density at radius 1 is 1.11 bits per heavy atom. The Kier molecular flexibility index (Phi) is 2.88. The molecule has 3 rings (SSSR count). The molecule has 0 saturated carbocycles. The maximum atomic E-state index is 12.5. The molecule has 2 aromatic carbocycles. The van der Waals surface area contributed by atoms with Crippen LogP contribution in [0.3, 0.4) is 0 Å². The monoisotopic (exact) mass is 274 g/mol. The third kappa shape index (κ3) is 1.94. The van der Waals surface area contributed by atoms with Gasteiger partial charge in [0.05, 0.1) is 17.2 Å². The van der Waals surface area contributed by atoms with Gasteiger partial charge in [-0.15, -0.1) is 0 Å². The molecule has 0 amide bonds. The van der Waals surface area contributed by atoms with Crippen molar-refractivity contribution in [1.82, 2.24) is 0 Å². The van der Waals surface area contributed by atoms with E-state index in [9.17, 15) is 14.7 Å². The van der Waals surface area contributed by atoms with E-state index in [2.05, 4.69) is 0 Å². The van der Waals surface area contributed by atoms with E-state index >= 15 is 0 Å². The van der Waals surface area contributed by atoms with E-state index in [-0.39, 0.29) is 5.69 Å². The van der Waals surface area contributed by atoms with E-state index in [0.717, 1.165) is 11.3 Å². The fourth-order valence-electron chi connectivity index (χ4n) is 2.15. The lowest BCUT2D eigenvalue weighted by Gasteiger charge is -2.17. The number of nitro groups is 1. The molecule has 1 aliphatic heterocycles. The number of hydrogen-bond acceptors (Lipinski definition) is 4. The average Bonchev–Trinajstić information content (AvgIpc) is 2.77. The van der Waals surface area contributed by atoms with E-state index in [1.54, 1.807) is 16.4 Å². The topological polar surface area (TPSA) is 69.4 Å². The fourth-order valence-corrected chi connectivity index (χ4v) is 3.61. The molecule has 0 aromatic heterocycles. The maximum absolute atomic E-state index is 12.5. The number of rotatable bonds is 2. The van der Waals surface area contributed by atoms with Gasteiger partial charge in [0.1, 0.15) is 11.4 Å². The summed E-state index contributed by atoms with van der Waals surface area (Å²) in [7, 11) is 0. The van der Waals surface area contributed by atoms with Crippen molar-refractivity contribution in [2.75, 3.05) is 4.31 Å². The maximum Gasteiger partial charge on any atom is 0.326 e. The van der Waals surface area contributed by atoms with Gasteiger partial charge >= 0.3 is 5.69 Å². The first-order valence-corrected chi connectivity index (χ1v) is 6.80. The number of hydrogen-bond donors (Lipinski definition) is 0. The predicted octanol–water partition coefficient (Wildman–Crippen LogP) is 2.64. The lowest BCUT2D eigenvalue weighted by Crippen LogP contribution is -2.23. The second-order valence-corrected chi connectivity index (χ2v) is 5.49. The molecule has 1 heterocycles. The highest BCUT2D eigenvalue weighted by molar-refractivity contribution is 7.93. The van der Waals surface area contributed by atoms with Gasteiger partial charge in [0.15, 0.2) is 0 Å². The molecule has 5 nitrogen and oxygen atoms in total. The third-order valence-electron chi connectivity index (χ3n) is 3.01. The number of anilines is 1. The van der Waals surface area contributed by atoms with Gasteiger partial charge in [0, 0.05) is 11.6 Å². The van der Waals surface area contributed by atoms with Crippen LogP contribution in [-0.2, 0) is 17.9 Å². The zero-order valence-corrected chi connectivity index (χ0v) is 10.7. The smallest absolute Gasteiger partial charge is 0.326 e. The second-order valence-electron chi connectivity index (χ2n) is 4.14. The van der Waals surface area contributed by atoms with Gasteiger partial charge in [-0.05, 0) is 12.1 Å². The minimum Gasteiger partial charge on any atom is -0.588 e. The first-order chi connectivity index (χ1) is 9.18. The summed E-state index contributed by atoms with van der Waals surface area (Å²) < 4.78 is 14.1. The molecule has 96 valence electrons. The van der Waals surface area contributed by atoms with Crippen molar-refractivity contribution >= 4 is 22.7 Å². The third-order valence-corrected chi connectivity index (χ3v) is 4.57. The summed E-state index contributed by atoms with van der Waals surface area (Å²) in [4.78, 5) is 10.8. The molecule has 0 N–H and O–H groups in total. The highest BCUT2D eigenvalue weighted by Gasteiger charge is 2.40. The summed E-state index contributed by atoms with van der Waals surface area (Å²) in [5.74, 6) is 0.